The highest BCUT2D eigenvalue weighted by molar-refractivity contribution is 5.78. The standard InChI is InChI=1S/C16H30N2O3/c1-4-21-16(20)14-6-5-7-18(11-14)15(19)9-13(10-17)8-12(2)3/h12-14H,4-11,17H2,1-3H3. The van der Waals surface area contributed by atoms with Gasteiger partial charge in [0.2, 0.25) is 5.91 Å². The summed E-state index contributed by atoms with van der Waals surface area (Å²) >= 11 is 0. The topological polar surface area (TPSA) is 72.6 Å². The van der Waals surface area contributed by atoms with Gasteiger partial charge in [-0.15, -0.1) is 0 Å². The van der Waals surface area contributed by atoms with Crippen LogP contribution in [0.4, 0.5) is 0 Å². The number of carbonyl (C=O) groups is 2. The Hall–Kier alpha value is -1.10. The zero-order valence-electron chi connectivity index (χ0n) is 13.6. The Kier molecular flexibility index (Phi) is 7.72. The largest absolute Gasteiger partial charge is 0.466 e. The van der Waals surface area contributed by atoms with E-state index >= 15 is 0 Å². The van der Waals surface area contributed by atoms with Gasteiger partial charge in [-0.2, -0.15) is 0 Å². The van der Waals surface area contributed by atoms with Crippen molar-refractivity contribution in [3.05, 3.63) is 0 Å². The third-order valence-electron chi connectivity index (χ3n) is 4.00. The fourth-order valence-electron chi connectivity index (χ4n) is 2.96. The Balaban J connectivity index is 2.51. The van der Waals surface area contributed by atoms with E-state index in [1.807, 2.05) is 4.90 Å². The molecule has 0 aromatic carbocycles. The third kappa shape index (κ3) is 6.04. The zero-order chi connectivity index (χ0) is 15.8. The van der Waals surface area contributed by atoms with Crippen molar-refractivity contribution in [2.24, 2.45) is 23.5 Å². The van der Waals surface area contributed by atoms with Crippen LogP contribution in [0.25, 0.3) is 0 Å². The highest BCUT2D eigenvalue weighted by atomic mass is 16.5. The molecule has 122 valence electrons. The first-order chi connectivity index (χ1) is 9.97. The van der Waals surface area contributed by atoms with Gasteiger partial charge in [-0.05, 0) is 44.6 Å². The number of nitrogens with zero attached hydrogens (tertiary/aromatic N) is 1. The van der Waals surface area contributed by atoms with E-state index in [-0.39, 0.29) is 23.7 Å². The maximum Gasteiger partial charge on any atom is 0.310 e. The highest BCUT2D eigenvalue weighted by Crippen LogP contribution is 2.21. The lowest BCUT2D eigenvalue weighted by atomic mass is 9.92. The van der Waals surface area contributed by atoms with Crippen LogP contribution in [0.1, 0.15) is 46.5 Å². The summed E-state index contributed by atoms with van der Waals surface area (Å²) in [5, 5.41) is 0. The quantitative estimate of drug-likeness (QED) is 0.727. The molecule has 2 atom stereocenters. The molecular weight excluding hydrogens is 268 g/mol. The summed E-state index contributed by atoms with van der Waals surface area (Å²) in [6, 6.07) is 0. The fraction of sp³-hybridized carbons (Fsp3) is 0.875. The molecule has 1 aliphatic heterocycles. The van der Waals surface area contributed by atoms with Crippen LogP contribution in [0.5, 0.6) is 0 Å². The molecule has 0 aromatic heterocycles. The van der Waals surface area contributed by atoms with E-state index in [1.54, 1.807) is 6.92 Å². The third-order valence-corrected chi connectivity index (χ3v) is 4.00. The molecule has 0 bridgehead atoms. The molecule has 1 amide bonds. The van der Waals surface area contributed by atoms with Crippen molar-refractivity contribution in [2.75, 3.05) is 26.2 Å². The Morgan fingerprint density at radius 1 is 1.38 bits per heavy atom. The smallest absolute Gasteiger partial charge is 0.310 e. The number of hydrogen-bond donors (Lipinski definition) is 1. The molecule has 0 spiro atoms. The van der Waals surface area contributed by atoms with Crippen LogP contribution in [-0.4, -0.2) is 43.0 Å². The summed E-state index contributed by atoms with van der Waals surface area (Å²) < 4.78 is 5.07. The van der Waals surface area contributed by atoms with Gasteiger partial charge >= 0.3 is 5.97 Å². The van der Waals surface area contributed by atoms with Gasteiger partial charge in [0.05, 0.1) is 12.5 Å². The van der Waals surface area contributed by atoms with Crippen LogP contribution in [-0.2, 0) is 14.3 Å². The zero-order valence-corrected chi connectivity index (χ0v) is 13.6. The number of amides is 1. The van der Waals surface area contributed by atoms with Crippen molar-refractivity contribution in [1.82, 2.24) is 4.90 Å². The molecule has 1 rings (SSSR count). The monoisotopic (exact) mass is 298 g/mol. The molecule has 0 saturated carbocycles. The molecule has 0 radical (unpaired) electrons. The molecule has 5 nitrogen and oxygen atoms in total. The lowest BCUT2D eigenvalue weighted by Gasteiger charge is -2.32. The van der Waals surface area contributed by atoms with Gasteiger partial charge in [-0.3, -0.25) is 9.59 Å². The van der Waals surface area contributed by atoms with Gasteiger partial charge in [0, 0.05) is 19.5 Å². The van der Waals surface area contributed by atoms with Crippen molar-refractivity contribution in [2.45, 2.75) is 46.5 Å². The van der Waals surface area contributed by atoms with Crippen LogP contribution in [0.2, 0.25) is 0 Å². The van der Waals surface area contributed by atoms with Crippen molar-refractivity contribution in [1.29, 1.82) is 0 Å². The molecule has 1 heterocycles. The average molecular weight is 298 g/mol. The molecule has 1 fully saturated rings. The maximum atomic E-state index is 12.4. The van der Waals surface area contributed by atoms with Gasteiger partial charge < -0.3 is 15.4 Å². The van der Waals surface area contributed by atoms with Crippen molar-refractivity contribution < 1.29 is 14.3 Å². The van der Waals surface area contributed by atoms with Gasteiger partial charge in [0.1, 0.15) is 0 Å². The summed E-state index contributed by atoms with van der Waals surface area (Å²) in [5.41, 5.74) is 5.77. The maximum absolute atomic E-state index is 12.4. The van der Waals surface area contributed by atoms with E-state index in [9.17, 15) is 9.59 Å². The Bertz CT molecular complexity index is 344. The van der Waals surface area contributed by atoms with Crippen LogP contribution < -0.4 is 5.73 Å². The minimum Gasteiger partial charge on any atom is -0.466 e. The number of likely N-dealkylation sites (tertiary alicyclic amines) is 1. The van der Waals surface area contributed by atoms with Crippen LogP contribution in [0.3, 0.4) is 0 Å². The summed E-state index contributed by atoms with van der Waals surface area (Å²) in [6.07, 6.45) is 3.14. The van der Waals surface area contributed by atoms with E-state index in [1.165, 1.54) is 0 Å². The molecule has 2 unspecified atom stereocenters. The predicted molar refractivity (Wildman–Crippen MR) is 82.6 cm³/mol. The Morgan fingerprint density at radius 2 is 2.10 bits per heavy atom. The fourth-order valence-corrected chi connectivity index (χ4v) is 2.96. The SMILES string of the molecule is CCOC(=O)C1CCCN(C(=O)CC(CN)CC(C)C)C1. The van der Waals surface area contributed by atoms with E-state index in [0.29, 0.717) is 32.0 Å². The number of carbonyl (C=O) groups excluding carboxylic acids is 2. The number of nitrogens with two attached hydrogens (primary N) is 1. The molecule has 2 N–H and O–H groups in total. The second kappa shape index (κ2) is 9.03. The Labute approximate surface area is 128 Å². The first-order valence-corrected chi connectivity index (χ1v) is 8.12. The molecule has 21 heavy (non-hydrogen) atoms. The number of ether oxygens (including phenoxy) is 1. The van der Waals surface area contributed by atoms with Crippen molar-refractivity contribution in [3.8, 4) is 0 Å². The van der Waals surface area contributed by atoms with E-state index in [2.05, 4.69) is 13.8 Å². The first-order valence-electron chi connectivity index (χ1n) is 8.12. The van der Waals surface area contributed by atoms with E-state index in [0.717, 1.165) is 25.8 Å². The van der Waals surface area contributed by atoms with Gasteiger partial charge in [-0.1, -0.05) is 13.8 Å². The van der Waals surface area contributed by atoms with Crippen LogP contribution in [0.15, 0.2) is 0 Å². The molecule has 1 aliphatic rings. The van der Waals surface area contributed by atoms with Crippen LogP contribution in [0, 0.1) is 17.8 Å². The average Bonchev–Trinajstić information content (AvgIpc) is 2.46. The lowest BCUT2D eigenvalue weighted by Crippen LogP contribution is -2.43. The highest BCUT2D eigenvalue weighted by Gasteiger charge is 2.30. The van der Waals surface area contributed by atoms with Gasteiger partial charge in [-0.25, -0.2) is 0 Å². The normalized spacial score (nSPS) is 20.4. The summed E-state index contributed by atoms with van der Waals surface area (Å²) in [7, 11) is 0. The van der Waals surface area contributed by atoms with Crippen LogP contribution >= 0.6 is 0 Å². The first kappa shape index (κ1) is 18.0. The molecule has 5 heteroatoms. The van der Waals surface area contributed by atoms with E-state index in [4.69, 9.17) is 10.5 Å². The van der Waals surface area contributed by atoms with Gasteiger partial charge in [0.25, 0.3) is 0 Å². The summed E-state index contributed by atoms with van der Waals surface area (Å²) in [6.45, 7) is 8.27. The number of esters is 1. The molecule has 0 aromatic rings. The minimum absolute atomic E-state index is 0.125. The summed E-state index contributed by atoms with van der Waals surface area (Å²) in [4.78, 5) is 26.0. The molecule has 0 aliphatic carbocycles. The summed E-state index contributed by atoms with van der Waals surface area (Å²) in [5.74, 6) is 0.567. The van der Waals surface area contributed by atoms with Crippen molar-refractivity contribution in [3.63, 3.8) is 0 Å². The lowest BCUT2D eigenvalue weighted by molar-refractivity contribution is -0.151. The number of piperidine rings is 1. The second-order valence-electron chi connectivity index (χ2n) is 6.37. The molecular formula is C16H30N2O3. The predicted octanol–water partition coefficient (Wildman–Crippen LogP) is 1.80. The second-order valence-corrected chi connectivity index (χ2v) is 6.37. The minimum atomic E-state index is -0.174. The number of hydrogen-bond acceptors (Lipinski definition) is 4. The molecule has 1 saturated heterocycles. The number of rotatable bonds is 7. The van der Waals surface area contributed by atoms with Crippen molar-refractivity contribution >= 4 is 11.9 Å². The van der Waals surface area contributed by atoms with Gasteiger partial charge in [0.15, 0.2) is 0 Å². The Morgan fingerprint density at radius 3 is 2.67 bits per heavy atom. The van der Waals surface area contributed by atoms with E-state index < -0.39 is 0 Å².